The van der Waals surface area contributed by atoms with E-state index in [1.54, 1.807) is 6.07 Å². The van der Waals surface area contributed by atoms with Gasteiger partial charge in [-0.3, -0.25) is 0 Å². The number of rotatable bonds is 4. The van der Waals surface area contributed by atoms with E-state index in [0.29, 0.717) is 17.0 Å². The van der Waals surface area contributed by atoms with Crippen LogP contribution in [-0.4, -0.2) is 14.9 Å². The molecule has 3 heteroatoms. The van der Waals surface area contributed by atoms with Crippen LogP contribution in [0.2, 0.25) is 0 Å². The molecule has 0 aliphatic heterocycles. The second kappa shape index (κ2) is 5.27. The number of phenolic OH excluding ortho intramolecular Hbond substituents is 1. The molecule has 0 saturated carbocycles. The largest absolute Gasteiger partial charge is 0.506 e. The molecule has 0 saturated heterocycles. The molecule has 2 aromatic rings. The van der Waals surface area contributed by atoms with Crippen molar-refractivity contribution in [2.24, 2.45) is 0 Å². The van der Waals surface area contributed by atoms with Gasteiger partial charge in [-0.1, -0.05) is 26.0 Å². The number of hydrogen-bond donors (Lipinski definition) is 1. The van der Waals surface area contributed by atoms with E-state index in [4.69, 9.17) is 0 Å². The van der Waals surface area contributed by atoms with E-state index in [1.807, 2.05) is 17.8 Å². The van der Waals surface area contributed by atoms with Gasteiger partial charge in [0.15, 0.2) is 0 Å². The quantitative estimate of drug-likeness (QED) is 0.874. The summed E-state index contributed by atoms with van der Waals surface area (Å²) in [6.07, 6.45) is 2.18. The van der Waals surface area contributed by atoms with Crippen LogP contribution in [0.3, 0.4) is 0 Å². The summed E-state index contributed by atoms with van der Waals surface area (Å²) in [4.78, 5) is 0. The van der Waals surface area contributed by atoms with Crippen molar-refractivity contribution < 1.29 is 5.11 Å². The predicted octanol–water partition coefficient (Wildman–Crippen LogP) is 4.57. The Morgan fingerprint density at radius 1 is 1.22 bits per heavy atom. The highest BCUT2D eigenvalue weighted by Crippen LogP contribution is 2.33. The molecule has 0 aliphatic carbocycles. The van der Waals surface area contributed by atoms with E-state index >= 15 is 0 Å². The summed E-state index contributed by atoms with van der Waals surface area (Å²) < 4.78 is 2.17. The highest BCUT2D eigenvalue weighted by atomic mass is 32.2. The molecule has 2 rings (SSSR count). The van der Waals surface area contributed by atoms with Crippen LogP contribution in [0.1, 0.15) is 39.3 Å². The maximum atomic E-state index is 10.1. The lowest BCUT2D eigenvalue weighted by Crippen LogP contribution is -1.98. The van der Waals surface area contributed by atoms with E-state index in [2.05, 4.69) is 44.5 Å². The summed E-state index contributed by atoms with van der Waals surface area (Å²) in [5.41, 5.74) is 2.28. The maximum absolute atomic E-state index is 10.1. The average molecular weight is 263 g/mol. The first-order valence-corrected chi connectivity index (χ1v) is 7.48. The van der Waals surface area contributed by atoms with Gasteiger partial charge in [-0.25, -0.2) is 0 Å². The summed E-state index contributed by atoms with van der Waals surface area (Å²) in [5, 5.41) is 11.9. The van der Waals surface area contributed by atoms with Crippen LogP contribution < -0.4 is 0 Å². The zero-order chi connectivity index (χ0) is 13.3. The molecule has 18 heavy (non-hydrogen) atoms. The van der Waals surface area contributed by atoms with Gasteiger partial charge in [-0.2, -0.15) is 11.8 Å². The van der Waals surface area contributed by atoms with Crippen molar-refractivity contribution >= 4 is 22.7 Å². The van der Waals surface area contributed by atoms with Crippen molar-refractivity contribution in [3.8, 4) is 5.75 Å². The Balaban J connectivity index is 2.51. The molecule has 0 amide bonds. The number of thioether (sulfide) groups is 1. The lowest BCUT2D eigenvalue weighted by Gasteiger charge is -2.09. The van der Waals surface area contributed by atoms with Crippen LogP contribution in [-0.2, 0) is 5.75 Å². The number of aromatic nitrogens is 1. The number of phenols is 1. The lowest BCUT2D eigenvalue weighted by molar-refractivity contribution is 0.475. The molecule has 2 nitrogen and oxygen atoms in total. The van der Waals surface area contributed by atoms with E-state index in [9.17, 15) is 5.11 Å². The molecule has 1 aromatic heterocycles. The van der Waals surface area contributed by atoms with Crippen molar-refractivity contribution in [3.05, 3.63) is 30.0 Å². The minimum atomic E-state index is 0.360. The fourth-order valence-electron chi connectivity index (χ4n) is 2.14. The first-order valence-electron chi connectivity index (χ1n) is 6.43. The van der Waals surface area contributed by atoms with Crippen molar-refractivity contribution in [2.45, 2.75) is 44.7 Å². The first kappa shape index (κ1) is 13.3. The number of aromatic hydroxyl groups is 1. The van der Waals surface area contributed by atoms with Crippen molar-refractivity contribution in [3.63, 3.8) is 0 Å². The van der Waals surface area contributed by atoms with Crippen molar-refractivity contribution in [1.29, 1.82) is 0 Å². The molecule has 0 fully saturated rings. The molecule has 0 unspecified atom stereocenters. The SMILES string of the molecule is CC(C)SCc1cn(C(C)C)c2c(O)cccc12. The summed E-state index contributed by atoms with van der Waals surface area (Å²) in [5.74, 6) is 1.37. The standard InChI is InChI=1S/C15H21NOS/c1-10(2)16-8-12(9-18-11(3)4)13-6-5-7-14(17)15(13)16/h5-8,10-11,17H,9H2,1-4H3. The lowest BCUT2D eigenvalue weighted by atomic mass is 10.2. The van der Waals surface area contributed by atoms with Crippen LogP contribution in [0.25, 0.3) is 10.9 Å². The molecule has 0 aliphatic rings. The number of para-hydroxylation sites is 1. The Labute approximate surface area is 113 Å². The fourth-order valence-corrected chi connectivity index (χ4v) is 2.89. The summed E-state index contributed by atoms with van der Waals surface area (Å²) in [6.45, 7) is 8.71. The van der Waals surface area contributed by atoms with Crippen molar-refractivity contribution in [1.82, 2.24) is 4.57 Å². The average Bonchev–Trinajstić information content (AvgIpc) is 2.67. The monoisotopic (exact) mass is 263 g/mol. The predicted molar refractivity (Wildman–Crippen MR) is 80.4 cm³/mol. The third kappa shape index (κ3) is 2.51. The van der Waals surface area contributed by atoms with Gasteiger partial charge in [0.1, 0.15) is 5.75 Å². The molecular weight excluding hydrogens is 242 g/mol. The van der Waals surface area contributed by atoms with Crippen LogP contribution >= 0.6 is 11.8 Å². The zero-order valence-corrected chi connectivity index (χ0v) is 12.3. The minimum Gasteiger partial charge on any atom is -0.506 e. The van der Waals surface area contributed by atoms with Gasteiger partial charge in [0.25, 0.3) is 0 Å². The molecule has 0 radical (unpaired) electrons. The first-order chi connectivity index (χ1) is 8.50. The topological polar surface area (TPSA) is 25.2 Å². The van der Waals surface area contributed by atoms with Crippen LogP contribution in [0, 0.1) is 0 Å². The third-order valence-corrected chi connectivity index (χ3v) is 4.19. The summed E-state index contributed by atoms with van der Waals surface area (Å²) in [6, 6.07) is 6.15. The van der Waals surface area contributed by atoms with Gasteiger partial charge in [0.05, 0.1) is 5.52 Å². The second-order valence-corrected chi connectivity index (χ2v) is 6.75. The molecule has 0 spiro atoms. The molecule has 1 heterocycles. The van der Waals surface area contributed by atoms with E-state index in [0.717, 1.165) is 11.3 Å². The van der Waals surface area contributed by atoms with Gasteiger partial charge in [-0.15, -0.1) is 0 Å². The number of benzene rings is 1. The Morgan fingerprint density at radius 2 is 1.94 bits per heavy atom. The van der Waals surface area contributed by atoms with Gasteiger partial charge < -0.3 is 9.67 Å². The normalized spacial score (nSPS) is 11.9. The highest BCUT2D eigenvalue weighted by molar-refractivity contribution is 7.99. The molecule has 1 N–H and O–H groups in total. The Bertz CT molecular complexity index is 543. The number of nitrogens with zero attached hydrogens (tertiary/aromatic N) is 1. The molecular formula is C15H21NOS. The Kier molecular flexibility index (Phi) is 3.91. The summed E-state index contributed by atoms with van der Waals surface area (Å²) >= 11 is 1.94. The molecule has 0 atom stereocenters. The van der Waals surface area contributed by atoms with Crippen LogP contribution in [0.15, 0.2) is 24.4 Å². The van der Waals surface area contributed by atoms with E-state index in [-0.39, 0.29) is 0 Å². The van der Waals surface area contributed by atoms with Gasteiger partial charge in [0.2, 0.25) is 0 Å². The fraction of sp³-hybridized carbons (Fsp3) is 0.467. The van der Waals surface area contributed by atoms with Crippen LogP contribution in [0.4, 0.5) is 0 Å². The maximum Gasteiger partial charge on any atom is 0.139 e. The zero-order valence-electron chi connectivity index (χ0n) is 11.5. The number of hydrogen-bond acceptors (Lipinski definition) is 2. The highest BCUT2D eigenvalue weighted by Gasteiger charge is 2.13. The Hall–Kier alpha value is -1.09. The molecule has 0 bridgehead atoms. The van der Waals surface area contributed by atoms with Gasteiger partial charge in [0, 0.05) is 23.4 Å². The van der Waals surface area contributed by atoms with E-state index < -0.39 is 0 Å². The van der Waals surface area contributed by atoms with Crippen molar-refractivity contribution in [2.75, 3.05) is 0 Å². The third-order valence-electron chi connectivity index (χ3n) is 3.04. The molecule has 1 aromatic carbocycles. The molecule has 98 valence electrons. The van der Waals surface area contributed by atoms with Gasteiger partial charge >= 0.3 is 0 Å². The number of fused-ring (bicyclic) bond motifs is 1. The van der Waals surface area contributed by atoms with Crippen LogP contribution in [0.5, 0.6) is 5.75 Å². The minimum absolute atomic E-state index is 0.360. The smallest absolute Gasteiger partial charge is 0.139 e. The Morgan fingerprint density at radius 3 is 2.56 bits per heavy atom. The second-order valence-electron chi connectivity index (χ2n) is 5.19. The van der Waals surface area contributed by atoms with Gasteiger partial charge in [-0.05, 0) is 30.7 Å². The summed E-state index contributed by atoms with van der Waals surface area (Å²) in [7, 11) is 0. The van der Waals surface area contributed by atoms with E-state index in [1.165, 1.54) is 10.9 Å².